The number of carbonyl (C=O) groups excluding carboxylic acids is 2. The fourth-order valence-corrected chi connectivity index (χ4v) is 3.38. The molecule has 0 aliphatic carbocycles. The van der Waals surface area contributed by atoms with Gasteiger partial charge in [0.1, 0.15) is 16.5 Å². The van der Waals surface area contributed by atoms with Gasteiger partial charge < -0.3 is 18.9 Å². The van der Waals surface area contributed by atoms with E-state index in [2.05, 4.69) is 10.2 Å². The van der Waals surface area contributed by atoms with Crippen molar-refractivity contribution in [3.63, 3.8) is 0 Å². The number of ether oxygens (including phenoxy) is 4. The van der Waals surface area contributed by atoms with Crippen molar-refractivity contribution >= 4 is 46.4 Å². The third-order valence-corrected chi connectivity index (χ3v) is 5.18. The molecule has 0 aliphatic rings. The molecule has 0 aromatic heterocycles. The number of azo groups is 1. The topological polar surface area (TPSA) is 99.0 Å². The molecule has 0 saturated heterocycles. The molecule has 0 radical (unpaired) electrons. The van der Waals surface area contributed by atoms with Crippen LogP contribution in [0.3, 0.4) is 0 Å². The van der Waals surface area contributed by atoms with Crippen molar-refractivity contribution in [1.29, 1.82) is 0 Å². The SMILES string of the molecule is CCOc1ccc(N(Cl)C(=O)C(N=Nc2cc(OCC)c(Cl)c(OCC)c2)C(C)=O)cc1OCC. The summed E-state index contributed by atoms with van der Waals surface area (Å²) in [4.78, 5) is 25.3. The quantitative estimate of drug-likeness (QED) is 0.176. The zero-order valence-electron chi connectivity index (χ0n) is 20.3. The Bertz CT molecular complexity index is 1040. The molecule has 2 rings (SSSR count). The maximum Gasteiger partial charge on any atom is 0.276 e. The van der Waals surface area contributed by atoms with E-state index in [1.807, 2.05) is 27.7 Å². The van der Waals surface area contributed by atoms with E-state index >= 15 is 0 Å². The van der Waals surface area contributed by atoms with Crippen LogP contribution in [0.2, 0.25) is 5.02 Å². The zero-order chi connectivity index (χ0) is 26.0. The first-order chi connectivity index (χ1) is 16.8. The predicted molar refractivity (Wildman–Crippen MR) is 135 cm³/mol. The normalized spacial score (nSPS) is 11.7. The van der Waals surface area contributed by atoms with E-state index in [0.717, 1.165) is 4.42 Å². The molecule has 1 atom stereocenters. The minimum Gasteiger partial charge on any atom is -0.492 e. The summed E-state index contributed by atoms with van der Waals surface area (Å²) in [5.74, 6) is 0.298. The van der Waals surface area contributed by atoms with Crippen LogP contribution in [0.1, 0.15) is 34.6 Å². The lowest BCUT2D eigenvalue weighted by Crippen LogP contribution is -2.36. The van der Waals surface area contributed by atoms with Gasteiger partial charge in [-0.2, -0.15) is 10.2 Å². The Kier molecular flexibility index (Phi) is 11.1. The Balaban J connectivity index is 2.35. The second-order valence-electron chi connectivity index (χ2n) is 6.97. The maximum atomic E-state index is 13.1. The van der Waals surface area contributed by atoms with E-state index in [0.29, 0.717) is 60.1 Å². The molecule has 35 heavy (non-hydrogen) atoms. The minimum absolute atomic E-state index is 0.286. The molecule has 11 heteroatoms. The first kappa shape index (κ1) is 28.2. The van der Waals surface area contributed by atoms with Crippen LogP contribution >= 0.6 is 23.4 Å². The summed E-state index contributed by atoms with van der Waals surface area (Å²) in [6.45, 7) is 10.1. The van der Waals surface area contributed by atoms with Gasteiger partial charge in [0, 0.05) is 30.0 Å². The molecule has 0 bridgehead atoms. The molecule has 0 aliphatic heterocycles. The summed E-state index contributed by atoms with van der Waals surface area (Å²) in [6, 6.07) is 6.37. The van der Waals surface area contributed by atoms with E-state index in [1.165, 1.54) is 6.92 Å². The van der Waals surface area contributed by atoms with Gasteiger partial charge >= 0.3 is 0 Å². The van der Waals surface area contributed by atoms with Crippen LogP contribution in [0.5, 0.6) is 23.0 Å². The van der Waals surface area contributed by atoms with Crippen LogP contribution < -0.4 is 23.4 Å². The lowest BCUT2D eigenvalue weighted by molar-refractivity contribution is -0.126. The zero-order valence-corrected chi connectivity index (χ0v) is 21.9. The van der Waals surface area contributed by atoms with Gasteiger partial charge in [-0.05, 0) is 46.8 Å². The van der Waals surface area contributed by atoms with E-state index < -0.39 is 17.7 Å². The van der Waals surface area contributed by atoms with Crippen molar-refractivity contribution in [2.45, 2.75) is 40.7 Å². The summed E-state index contributed by atoms with van der Waals surface area (Å²) in [6.07, 6.45) is 0. The monoisotopic (exact) mass is 525 g/mol. The molecule has 0 fully saturated rings. The van der Waals surface area contributed by atoms with Crippen LogP contribution in [0.4, 0.5) is 11.4 Å². The van der Waals surface area contributed by atoms with Gasteiger partial charge in [0.05, 0.1) is 37.8 Å². The number of amides is 1. The number of benzene rings is 2. The molecule has 0 N–H and O–H groups in total. The van der Waals surface area contributed by atoms with Gasteiger partial charge in [0.15, 0.2) is 17.3 Å². The van der Waals surface area contributed by atoms with Crippen LogP contribution in [0, 0.1) is 0 Å². The highest BCUT2D eigenvalue weighted by Gasteiger charge is 2.29. The number of Topliss-reactive ketones (excluding diaryl/α,β-unsaturated/α-hetero) is 1. The van der Waals surface area contributed by atoms with Gasteiger partial charge in [0.2, 0.25) is 6.04 Å². The number of nitrogens with zero attached hydrogens (tertiary/aromatic N) is 3. The molecule has 0 saturated carbocycles. The van der Waals surface area contributed by atoms with Crippen molar-refractivity contribution in [2.24, 2.45) is 10.2 Å². The summed E-state index contributed by atoms with van der Waals surface area (Å²) >= 11 is 12.6. The lowest BCUT2D eigenvalue weighted by atomic mass is 10.2. The number of hydrogen-bond donors (Lipinski definition) is 0. The molecule has 0 heterocycles. The number of carbonyl (C=O) groups is 2. The Morgan fingerprint density at radius 3 is 1.89 bits per heavy atom. The fraction of sp³-hybridized carbons (Fsp3) is 0.417. The van der Waals surface area contributed by atoms with Gasteiger partial charge in [-0.1, -0.05) is 11.6 Å². The van der Waals surface area contributed by atoms with Crippen molar-refractivity contribution in [1.82, 2.24) is 0 Å². The summed E-state index contributed by atoms with van der Waals surface area (Å²) in [5.41, 5.74) is 0.579. The second kappa shape index (κ2) is 13.7. The largest absolute Gasteiger partial charge is 0.492 e. The highest BCUT2D eigenvalue weighted by Crippen LogP contribution is 2.39. The molecule has 1 unspecified atom stereocenters. The minimum atomic E-state index is -1.48. The molecule has 2 aromatic rings. The third kappa shape index (κ3) is 7.47. The van der Waals surface area contributed by atoms with Gasteiger partial charge in [-0.3, -0.25) is 9.59 Å². The van der Waals surface area contributed by atoms with Crippen LogP contribution in [0.15, 0.2) is 40.6 Å². The van der Waals surface area contributed by atoms with Crippen molar-refractivity contribution < 1.29 is 28.5 Å². The Morgan fingerprint density at radius 1 is 0.857 bits per heavy atom. The molecular weight excluding hydrogens is 497 g/mol. The van der Waals surface area contributed by atoms with E-state index in [4.69, 9.17) is 42.3 Å². The number of halogens is 2. The van der Waals surface area contributed by atoms with E-state index in [9.17, 15) is 9.59 Å². The standard InChI is InChI=1S/C24H29Cl2N3O6/c1-6-32-18-11-10-17(14-19(18)33-7-2)29(26)24(31)23(15(5)30)28-27-16-12-20(34-8-3)22(25)21(13-16)35-9-4/h10-14,23H,6-9H2,1-5H3. The van der Waals surface area contributed by atoms with Crippen molar-refractivity contribution in [3.8, 4) is 23.0 Å². The number of anilines is 1. The van der Waals surface area contributed by atoms with Gasteiger partial charge in [-0.15, -0.1) is 0 Å². The summed E-state index contributed by atoms with van der Waals surface area (Å²) in [7, 11) is 0. The highest BCUT2D eigenvalue weighted by atomic mass is 35.5. The molecule has 2 aromatic carbocycles. The molecular formula is C24H29Cl2N3O6. The molecule has 190 valence electrons. The Hall–Kier alpha value is -3.04. The first-order valence-corrected chi connectivity index (χ1v) is 11.9. The molecule has 0 spiro atoms. The third-order valence-electron chi connectivity index (χ3n) is 4.45. The van der Waals surface area contributed by atoms with Crippen LogP contribution in [0.25, 0.3) is 0 Å². The number of hydrogen-bond acceptors (Lipinski definition) is 8. The van der Waals surface area contributed by atoms with E-state index in [1.54, 1.807) is 30.3 Å². The smallest absolute Gasteiger partial charge is 0.276 e. The van der Waals surface area contributed by atoms with Crippen LogP contribution in [-0.2, 0) is 9.59 Å². The molecule has 9 nitrogen and oxygen atoms in total. The Labute approximate surface area is 215 Å². The number of ketones is 1. The van der Waals surface area contributed by atoms with Crippen LogP contribution in [-0.4, -0.2) is 44.2 Å². The highest BCUT2D eigenvalue weighted by molar-refractivity contribution is 6.39. The van der Waals surface area contributed by atoms with Crippen molar-refractivity contribution in [2.75, 3.05) is 30.8 Å². The summed E-state index contributed by atoms with van der Waals surface area (Å²) in [5, 5.41) is 8.33. The average molecular weight is 526 g/mol. The average Bonchev–Trinajstić information content (AvgIpc) is 2.83. The molecule has 1 amide bonds. The lowest BCUT2D eigenvalue weighted by Gasteiger charge is -2.19. The number of rotatable bonds is 13. The Morgan fingerprint density at radius 2 is 1.37 bits per heavy atom. The first-order valence-electron chi connectivity index (χ1n) is 11.2. The second-order valence-corrected chi connectivity index (χ2v) is 7.68. The van der Waals surface area contributed by atoms with Gasteiger partial charge in [-0.25, -0.2) is 4.42 Å². The van der Waals surface area contributed by atoms with Crippen molar-refractivity contribution in [3.05, 3.63) is 35.4 Å². The fourth-order valence-electron chi connectivity index (χ4n) is 2.96. The van der Waals surface area contributed by atoms with E-state index in [-0.39, 0.29) is 5.69 Å². The van der Waals surface area contributed by atoms with Gasteiger partial charge in [0.25, 0.3) is 5.91 Å². The summed E-state index contributed by atoms with van der Waals surface area (Å²) < 4.78 is 23.0. The predicted octanol–water partition coefficient (Wildman–Crippen LogP) is 6.16. The maximum absolute atomic E-state index is 13.1.